The van der Waals surface area contributed by atoms with E-state index in [1.54, 1.807) is 18.2 Å². The number of thioether (sulfide) groups is 1. The number of halogens is 1. The van der Waals surface area contributed by atoms with Crippen LogP contribution in [0.4, 0.5) is 5.69 Å². The summed E-state index contributed by atoms with van der Waals surface area (Å²) < 4.78 is 10.6. The Hall–Kier alpha value is -2.95. The van der Waals surface area contributed by atoms with E-state index in [1.807, 2.05) is 30.3 Å². The van der Waals surface area contributed by atoms with E-state index in [0.29, 0.717) is 32.2 Å². The smallest absolute Gasteiger partial charge is 0.264 e. The fourth-order valence-corrected chi connectivity index (χ4v) is 3.74. The Morgan fingerprint density at radius 1 is 1.31 bits per heavy atom. The molecule has 1 amide bonds. The number of hydrogen-bond donors (Lipinski definition) is 1. The number of benzene rings is 2. The molecule has 3 rings (SSSR count). The lowest BCUT2D eigenvalue weighted by Crippen LogP contribution is -2.19. The predicted octanol–water partition coefficient (Wildman–Crippen LogP) is 4.70. The van der Waals surface area contributed by atoms with Crippen molar-refractivity contribution in [1.82, 2.24) is 5.32 Å². The van der Waals surface area contributed by atoms with Crippen molar-refractivity contribution in [2.75, 3.05) is 13.7 Å². The molecule has 29 heavy (non-hydrogen) atoms. The van der Waals surface area contributed by atoms with Gasteiger partial charge < -0.3 is 14.8 Å². The molecule has 1 aliphatic rings. The second kappa shape index (κ2) is 9.50. The average Bonchev–Trinajstić information content (AvgIpc) is 3.06. The van der Waals surface area contributed by atoms with E-state index in [0.717, 1.165) is 12.1 Å². The molecular formula is C21H18ClN3O3S. The van der Waals surface area contributed by atoms with Crippen LogP contribution in [0.15, 0.2) is 46.3 Å². The summed E-state index contributed by atoms with van der Waals surface area (Å²) in [6.07, 6.45) is 2.66. The average molecular weight is 428 g/mol. The van der Waals surface area contributed by atoms with Crippen LogP contribution < -0.4 is 14.8 Å². The van der Waals surface area contributed by atoms with Gasteiger partial charge in [-0.2, -0.15) is 5.26 Å². The largest absolute Gasteiger partial charge is 0.493 e. The second-order valence-electron chi connectivity index (χ2n) is 5.98. The molecule has 148 valence electrons. The van der Waals surface area contributed by atoms with E-state index in [1.165, 1.54) is 24.4 Å². The molecule has 0 radical (unpaired) electrons. The van der Waals surface area contributed by atoms with Crippen molar-refractivity contribution in [3.63, 3.8) is 0 Å². The van der Waals surface area contributed by atoms with Gasteiger partial charge in [0.1, 0.15) is 6.07 Å². The first-order valence-corrected chi connectivity index (χ1v) is 9.99. The Bertz CT molecular complexity index is 1030. The highest BCUT2D eigenvalue weighted by molar-refractivity contribution is 8.18. The van der Waals surface area contributed by atoms with Gasteiger partial charge in [-0.3, -0.25) is 4.79 Å². The molecule has 0 atom stereocenters. The normalized spacial score (nSPS) is 16.0. The topological polar surface area (TPSA) is 83.7 Å². The van der Waals surface area contributed by atoms with Crippen LogP contribution in [0.2, 0.25) is 5.02 Å². The van der Waals surface area contributed by atoms with Crippen LogP contribution >= 0.6 is 23.4 Å². The zero-order valence-electron chi connectivity index (χ0n) is 15.9. The van der Waals surface area contributed by atoms with Gasteiger partial charge in [-0.05, 0) is 59.7 Å². The first-order chi connectivity index (χ1) is 14.0. The van der Waals surface area contributed by atoms with Gasteiger partial charge in [0.15, 0.2) is 23.3 Å². The molecule has 0 aliphatic carbocycles. The first kappa shape index (κ1) is 20.8. The Morgan fingerprint density at radius 3 is 2.72 bits per heavy atom. The molecule has 1 saturated heterocycles. The van der Waals surface area contributed by atoms with Crippen molar-refractivity contribution < 1.29 is 14.3 Å². The summed E-state index contributed by atoms with van der Waals surface area (Å²) in [6.45, 7) is 1.95. The van der Waals surface area contributed by atoms with Crippen LogP contribution in [0.1, 0.15) is 18.1 Å². The number of nitrogens with zero attached hydrogens (tertiary/aromatic N) is 2. The maximum atomic E-state index is 12.3. The quantitative estimate of drug-likeness (QED) is 0.675. The van der Waals surface area contributed by atoms with E-state index in [-0.39, 0.29) is 12.5 Å². The highest BCUT2D eigenvalue weighted by atomic mass is 35.5. The van der Waals surface area contributed by atoms with Crippen LogP contribution in [0.5, 0.6) is 11.5 Å². The molecule has 1 heterocycles. The molecule has 2 aromatic rings. The summed E-state index contributed by atoms with van der Waals surface area (Å²) in [6, 6.07) is 13.1. The van der Waals surface area contributed by atoms with Crippen LogP contribution in [0, 0.1) is 11.3 Å². The van der Waals surface area contributed by atoms with Crippen molar-refractivity contribution in [3.05, 3.63) is 57.5 Å². The van der Waals surface area contributed by atoms with Gasteiger partial charge in [-0.25, -0.2) is 4.99 Å². The zero-order valence-corrected chi connectivity index (χ0v) is 17.4. The highest BCUT2D eigenvalue weighted by Gasteiger charge is 2.24. The number of rotatable bonds is 6. The first-order valence-electron chi connectivity index (χ1n) is 8.79. The number of hydrogen-bond acceptors (Lipinski definition) is 6. The van der Waals surface area contributed by atoms with E-state index < -0.39 is 0 Å². The number of ether oxygens (including phenoxy) is 2. The fourth-order valence-electron chi connectivity index (χ4n) is 2.62. The molecule has 1 N–H and O–H groups in total. The number of nitrogens with one attached hydrogen (secondary N) is 1. The van der Waals surface area contributed by atoms with Gasteiger partial charge in [0, 0.05) is 0 Å². The van der Waals surface area contributed by atoms with Crippen molar-refractivity contribution in [3.8, 4) is 17.6 Å². The van der Waals surface area contributed by atoms with E-state index in [2.05, 4.69) is 17.2 Å². The number of aryl methyl sites for hydroxylation is 1. The Balaban J connectivity index is 1.83. The minimum absolute atomic E-state index is 0.145. The SMILES string of the molecule is CCc1ccc(N=C2NC(=O)C(=Cc3cc(Cl)c(OCC#N)c(OC)c3)S2)cc1. The second-order valence-corrected chi connectivity index (χ2v) is 7.42. The third-order valence-corrected chi connectivity index (χ3v) is 5.25. The maximum absolute atomic E-state index is 12.3. The molecule has 2 aromatic carbocycles. The lowest BCUT2D eigenvalue weighted by atomic mass is 10.2. The minimum atomic E-state index is -0.237. The van der Waals surface area contributed by atoms with Gasteiger partial charge in [-0.15, -0.1) is 0 Å². The summed E-state index contributed by atoms with van der Waals surface area (Å²) in [5.41, 5.74) is 2.67. The lowest BCUT2D eigenvalue weighted by Gasteiger charge is -2.11. The van der Waals surface area contributed by atoms with Crippen molar-refractivity contribution in [2.45, 2.75) is 13.3 Å². The molecule has 6 nitrogen and oxygen atoms in total. The number of methoxy groups -OCH3 is 1. The van der Waals surface area contributed by atoms with Crippen LogP contribution in [-0.4, -0.2) is 24.8 Å². The molecular weight excluding hydrogens is 410 g/mol. The number of amidine groups is 1. The molecule has 0 saturated carbocycles. The molecule has 1 aliphatic heterocycles. The van der Waals surface area contributed by atoms with Gasteiger partial charge in [0.2, 0.25) is 0 Å². The summed E-state index contributed by atoms with van der Waals surface area (Å²) in [7, 11) is 1.48. The number of nitriles is 1. The van der Waals surface area contributed by atoms with Crippen molar-refractivity contribution in [2.24, 2.45) is 4.99 Å². The van der Waals surface area contributed by atoms with E-state index >= 15 is 0 Å². The van der Waals surface area contributed by atoms with Crippen LogP contribution in [0.3, 0.4) is 0 Å². The molecule has 0 unspecified atom stereocenters. The maximum Gasteiger partial charge on any atom is 0.264 e. The highest BCUT2D eigenvalue weighted by Crippen LogP contribution is 2.38. The van der Waals surface area contributed by atoms with Crippen LogP contribution in [0.25, 0.3) is 6.08 Å². The zero-order chi connectivity index (χ0) is 20.8. The monoisotopic (exact) mass is 427 g/mol. The number of aliphatic imine (C=N–C) groups is 1. The molecule has 0 bridgehead atoms. The Labute approximate surface area is 178 Å². The fraction of sp³-hybridized carbons (Fsp3) is 0.190. The van der Waals surface area contributed by atoms with Crippen molar-refractivity contribution >= 4 is 46.2 Å². The third-order valence-electron chi connectivity index (χ3n) is 4.06. The third kappa shape index (κ3) is 5.11. The standard InChI is InChI=1S/C21H18ClN3O3S/c1-3-13-4-6-15(7-5-13)24-21-25-20(26)18(29-21)12-14-10-16(22)19(28-9-8-23)17(11-14)27-2/h4-7,10-12H,3,9H2,1-2H3,(H,24,25,26). The van der Waals surface area contributed by atoms with Gasteiger partial charge in [0.05, 0.1) is 22.7 Å². The summed E-state index contributed by atoms with van der Waals surface area (Å²) in [5, 5.41) is 12.3. The van der Waals surface area contributed by atoms with Gasteiger partial charge in [-0.1, -0.05) is 30.7 Å². The Kier molecular flexibility index (Phi) is 6.81. The van der Waals surface area contributed by atoms with E-state index in [9.17, 15) is 4.79 Å². The lowest BCUT2D eigenvalue weighted by molar-refractivity contribution is -0.115. The molecule has 1 fully saturated rings. The summed E-state index contributed by atoms with van der Waals surface area (Å²) >= 11 is 7.50. The minimum Gasteiger partial charge on any atom is -0.493 e. The van der Waals surface area contributed by atoms with Gasteiger partial charge in [0.25, 0.3) is 5.91 Å². The number of carbonyl (C=O) groups is 1. The predicted molar refractivity (Wildman–Crippen MR) is 116 cm³/mol. The molecule has 0 spiro atoms. The number of carbonyl (C=O) groups excluding carboxylic acids is 1. The Morgan fingerprint density at radius 2 is 2.07 bits per heavy atom. The summed E-state index contributed by atoms with van der Waals surface area (Å²) in [5.74, 6) is 0.436. The van der Waals surface area contributed by atoms with Gasteiger partial charge >= 0.3 is 0 Å². The van der Waals surface area contributed by atoms with Crippen molar-refractivity contribution in [1.29, 1.82) is 5.26 Å². The van der Waals surface area contributed by atoms with Crippen LogP contribution in [-0.2, 0) is 11.2 Å². The number of amides is 1. The molecule has 0 aromatic heterocycles. The summed E-state index contributed by atoms with van der Waals surface area (Å²) in [4.78, 5) is 17.3. The molecule has 8 heteroatoms. The van der Waals surface area contributed by atoms with E-state index in [4.69, 9.17) is 26.3 Å².